The van der Waals surface area contributed by atoms with Crippen molar-refractivity contribution in [2.45, 2.75) is 32.5 Å². The summed E-state index contributed by atoms with van der Waals surface area (Å²) in [6.07, 6.45) is 2.94. The van der Waals surface area contributed by atoms with Crippen LogP contribution in [-0.2, 0) is 29.2 Å². The number of hydrogen-bond donors (Lipinski definition) is 1. The maximum absolute atomic E-state index is 12.2. The molecule has 10 heteroatoms. The molecular formula is C20H25N7O2S. The van der Waals surface area contributed by atoms with Gasteiger partial charge in [-0.15, -0.1) is 16.4 Å². The molecule has 3 heterocycles. The first kappa shape index (κ1) is 20.6. The molecule has 1 aromatic carbocycles. The molecular weight excluding hydrogens is 402 g/mol. The zero-order valence-electron chi connectivity index (χ0n) is 16.7. The SMILES string of the molecule is O=C(CCCn1nnnc1CN1CCOCC1)NCc1cnc(-c2ccccc2)s1. The van der Waals surface area contributed by atoms with Gasteiger partial charge in [-0.25, -0.2) is 9.67 Å². The summed E-state index contributed by atoms with van der Waals surface area (Å²) in [4.78, 5) is 20.0. The number of nitrogens with one attached hydrogen (secondary N) is 1. The molecule has 1 amide bonds. The number of aryl methyl sites for hydroxylation is 1. The quantitative estimate of drug-likeness (QED) is 0.555. The van der Waals surface area contributed by atoms with Crippen molar-refractivity contribution in [1.82, 2.24) is 35.4 Å². The molecule has 4 rings (SSSR count). The summed E-state index contributed by atoms with van der Waals surface area (Å²) >= 11 is 1.60. The second-order valence-corrected chi connectivity index (χ2v) is 8.20. The monoisotopic (exact) mass is 427 g/mol. The number of benzene rings is 1. The molecule has 0 bridgehead atoms. The van der Waals surface area contributed by atoms with Gasteiger partial charge in [-0.2, -0.15) is 0 Å². The van der Waals surface area contributed by atoms with Crippen LogP contribution in [0, 0.1) is 0 Å². The average molecular weight is 428 g/mol. The molecule has 9 nitrogen and oxygen atoms in total. The van der Waals surface area contributed by atoms with Crippen LogP contribution in [0.3, 0.4) is 0 Å². The van der Waals surface area contributed by atoms with Gasteiger partial charge in [-0.05, 0) is 16.8 Å². The van der Waals surface area contributed by atoms with E-state index in [-0.39, 0.29) is 5.91 Å². The number of amides is 1. The average Bonchev–Trinajstić information content (AvgIpc) is 3.43. The van der Waals surface area contributed by atoms with E-state index in [4.69, 9.17) is 4.74 Å². The van der Waals surface area contributed by atoms with E-state index in [9.17, 15) is 4.79 Å². The molecule has 1 N–H and O–H groups in total. The molecule has 1 saturated heterocycles. The Morgan fingerprint density at radius 2 is 2.03 bits per heavy atom. The Labute approximate surface area is 179 Å². The van der Waals surface area contributed by atoms with Gasteiger partial charge in [-0.1, -0.05) is 30.3 Å². The lowest BCUT2D eigenvalue weighted by Crippen LogP contribution is -2.36. The van der Waals surface area contributed by atoms with E-state index in [0.717, 1.165) is 47.6 Å². The van der Waals surface area contributed by atoms with Crippen LogP contribution in [0.2, 0.25) is 0 Å². The Hall–Kier alpha value is -2.69. The van der Waals surface area contributed by atoms with Gasteiger partial charge in [0.1, 0.15) is 5.01 Å². The minimum absolute atomic E-state index is 0.0208. The number of rotatable bonds is 9. The fraction of sp³-hybridized carbons (Fsp3) is 0.450. The van der Waals surface area contributed by atoms with Crippen LogP contribution in [0.5, 0.6) is 0 Å². The third kappa shape index (κ3) is 5.68. The molecule has 0 radical (unpaired) electrons. The first-order valence-corrected chi connectivity index (χ1v) is 10.9. The molecule has 158 valence electrons. The van der Waals surface area contributed by atoms with Crippen molar-refractivity contribution >= 4 is 17.2 Å². The predicted octanol–water partition coefficient (Wildman–Crippen LogP) is 1.73. The highest BCUT2D eigenvalue weighted by Gasteiger charge is 2.15. The van der Waals surface area contributed by atoms with Gasteiger partial charge in [0.2, 0.25) is 5.91 Å². The highest BCUT2D eigenvalue weighted by atomic mass is 32.1. The molecule has 0 spiro atoms. The minimum atomic E-state index is 0.0208. The lowest BCUT2D eigenvalue weighted by molar-refractivity contribution is -0.121. The van der Waals surface area contributed by atoms with E-state index in [1.807, 2.05) is 36.5 Å². The Bertz CT molecular complexity index is 938. The largest absolute Gasteiger partial charge is 0.379 e. The number of ether oxygens (including phenoxy) is 1. The Morgan fingerprint density at radius 1 is 1.20 bits per heavy atom. The highest BCUT2D eigenvalue weighted by molar-refractivity contribution is 7.15. The first-order valence-electron chi connectivity index (χ1n) is 10.1. The summed E-state index contributed by atoms with van der Waals surface area (Å²) in [5, 5.41) is 15.9. The fourth-order valence-electron chi connectivity index (χ4n) is 3.24. The third-order valence-corrected chi connectivity index (χ3v) is 5.93. The van der Waals surface area contributed by atoms with Gasteiger partial charge in [0.15, 0.2) is 5.82 Å². The van der Waals surface area contributed by atoms with Crippen molar-refractivity contribution < 1.29 is 9.53 Å². The van der Waals surface area contributed by atoms with Crippen molar-refractivity contribution in [2.75, 3.05) is 26.3 Å². The maximum Gasteiger partial charge on any atom is 0.220 e. The van der Waals surface area contributed by atoms with Gasteiger partial charge in [0, 0.05) is 42.7 Å². The van der Waals surface area contributed by atoms with Gasteiger partial charge >= 0.3 is 0 Å². The number of carbonyl (C=O) groups excluding carboxylic acids is 1. The summed E-state index contributed by atoms with van der Waals surface area (Å²) in [5.74, 6) is 0.850. The molecule has 2 aromatic heterocycles. The number of morpholine rings is 1. The smallest absolute Gasteiger partial charge is 0.220 e. The molecule has 1 aliphatic rings. The van der Waals surface area contributed by atoms with Gasteiger partial charge < -0.3 is 10.1 Å². The Balaban J connectivity index is 1.19. The standard InChI is InChI=1S/C20H25N7O2S/c28-19(21-13-17-14-22-20(30-17)16-5-2-1-3-6-16)7-4-8-27-18(23-24-25-27)15-26-9-11-29-12-10-26/h1-3,5-6,14H,4,7-13,15H2,(H,21,28). The van der Waals surface area contributed by atoms with E-state index in [2.05, 4.69) is 30.7 Å². The van der Waals surface area contributed by atoms with E-state index in [1.165, 1.54) is 0 Å². The van der Waals surface area contributed by atoms with Crippen LogP contribution in [0.1, 0.15) is 23.5 Å². The number of aromatic nitrogens is 5. The topological polar surface area (TPSA) is 98.1 Å². The molecule has 1 fully saturated rings. The summed E-state index contributed by atoms with van der Waals surface area (Å²) in [7, 11) is 0. The number of nitrogens with zero attached hydrogens (tertiary/aromatic N) is 6. The van der Waals surface area contributed by atoms with E-state index in [0.29, 0.717) is 32.5 Å². The van der Waals surface area contributed by atoms with Crippen molar-refractivity contribution in [1.29, 1.82) is 0 Å². The summed E-state index contributed by atoms with van der Waals surface area (Å²) < 4.78 is 7.16. The van der Waals surface area contributed by atoms with Crippen molar-refractivity contribution in [2.24, 2.45) is 0 Å². The summed E-state index contributed by atoms with van der Waals surface area (Å²) in [5.41, 5.74) is 1.09. The molecule has 30 heavy (non-hydrogen) atoms. The third-order valence-electron chi connectivity index (χ3n) is 4.88. The van der Waals surface area contributed by atoms with Crippen LogP contribution >= 0.6 is 11.3 Å². The number of tetrazole rings is 1. The van der Waals surface area contributed by atoms with Crippen molar-refractivity contribution in [3.8, 4) is 10.6 Å². The second-order valence-electron chi connectivity index (χ2n) is 7.08. The summed E-state index contributed by atoms with van der Waals surface area (Å²) in [6, 6.07) is 10.0. The zero-order chi connectivity index (χ0) is 20.6. The van der Waals surface area contributed by atoms with Crippen molar-refractivity contribution in [3.05, 3.63) is 47.2 Å². The summed E-state index contributed by atoms with van der Waals surface area (Å²) in [6.45, 7) is 5.09. The lowest BCUT2D eigenvalue weighted by Gasteiger charge is -2.25. The van der Waals surface area contributed by atoms with Crippen LogP contribution in [0.15, 0.2) is 36.5 Å². The lowest BCUT2D eigenvalue weighted by atomic mass is 10.2. The van der Waals surface area contributed by atoms with Crippen LogP contribution < -0.4 is 5.32 Å². The molecule has 1 aliphatic heterocycles. The Kier molecular flexibility index (Phi) is 7.11. The number of thiazole rings is 1. The first-order chi connectivity index (χ1) is 14.8. The molecule has 0 unspecified atom stereocenters. The number of hydrogen-bond acceptors (Lipinski definition) is 8. The van der Waals surface area contributed by atoms with E-state index >= 15 is 0 Å². The van der Waals surface area contributed by atoms with Gasteiger partial charge in [0.05, 0.1) is 26.3 Å². The zero-order valence-corrected chi connectivity index (χ0v) is 17.6. The fourth-order valence-corrected chi connectivity index (χ4v) is 4.09. The maximum atomic E-state index is 12.2. The molecule has 3 aromatic rings. The van der Waals surface area contributed by atoms with Gasteiger partial charge in [0.25, 0.3) is 0 Å². The molecule has 0 saturated carbocycles. The van der Waals surface area contributed by atoms with E-state index < -0.39 is 0 Å². The minimum Gasteiger partial charge on any atom is -0.379 e. The predicted molar refractivity (Wildman–Crippen MR) is 113 cm³/mol. The van der Waals surface area contributed by atoms with Crippen molar-refractivity contribution in [3.63, 3.8) is 0 Å². The number of carbonyl (C=O) groups is 1. The van der Waals surface area contributed by atoms with Crippen LogP contribution in [0.25, 0.3) is 10.6 Å². The Morgan fingerprint density at radius 3 is 2.87 bits per heavy atom. The van der Waals surface area contributed by atoms with E-state index in [1.54, 1.807) is 16.0 Å². The highest BCUT2D eigenvalue weighted by Crippen LogP contribution is 2.24. The normalized spacial score (nSPS) is 14.7. The second kappa shape index (κ2) is 10.4. The van der Waals surface area contributed by atoms with Crippen LogP contribution in [-0.4, -0.2) is 62.3 Å². The molecule has 0 aliphatic carbocycles. The molecule has 0 atom stereocenters. The van der Waals surface area contributed by atoms with Gasteiger partial charge in [-0.3, -0.25) is 9.69 Å². The van der Waals surface area contributed by atoms with Crippen LogP contribution in [0.4, 0.5) is 0 Å².